The SMILES string of the molecule is CN(CC(=O)N1CCOCC1)C(=O)Cc1csc(-c2cccc(Br)c2)n1. The molecule has 1 aliphatic heterocycles. The number of likely N-dealkylation sites (N-methyl/N-ethyl adjacent to an activating group) is 1. The Morgan fingerprint density at radius 3 is 2.85 bits per heavy atom. The Morgan fingerprint density at radius 2 is 2.12 bits per heavy atom. The van der Waals surface area contributed by atoms with Gasteiger partial charge in [-0.15, -0.1) is 11.3 Å². The Bertz CT molecular complexity index is 789. The molecule has 8 heteroatoms. The minimum absolute atomic E-state index is 0.0442. The zero-order valence-corrected chi connectivity index (χ0v) is 16.9. The summed E-state index contributed by atoms with van der Waals surface area (Å²) in [5.74, 6) is -0.157. The highest BCUT2D eigenvalue weighted by molar-refractivity contribution is 9.10. The van der Waals surface area contributed by atoms with Crippen LogP contribution in [-0.4, -0.2) is 66.5 Å². The summed E-state index contributed by atoms with van der Waals surface area (Å²) in [6.45, 7) is 2.37. The van der Waals surface area contributed by atoms with Gasteiger partial charge in [0.2, 0.25) is 11.8 Å². The molecule has 1 aromatic heterocycles. The summed E-state index contributed by atoms with van der Waals surface area (Å²) >= 11 is 4.96. The van der Waals surface area contributed by atoms with E-state index in [0.717, 1.165) is 20.7 Å². The fourth-order valence-corrected chi connectivity index (χ4v) is 3.85. The molecular formula is C18H20BrN3O3S. The van der Waals surface area contributed by atoms with Gasteiger partial charge in [-0.1, -0.05) is 28.1 Å². The van der Waals surface area contributed by atoms with E-state index in [2.05, 4.69) is 20.9 Å². The molecule has 0 aliphatic carbocycles. The molecule has 0 N–H and O–H groups in total. The molecule has 1 aliphatic rings. The summed E-state index contributed by atoms with van der Waals surface area (Å²) in [6.07, 6.45) is 0.192. The monoisotopic (exact) mass is 437 g/mol. The van der Waals surface area contributed by atoms with Crippen LogP contribution in [0.2, 0.25) is 0 Å². The van der Waals surface area contributed by atoms with E-state index in [0.29, 0.717) is 26.3 Å². The van der Waals surface area contributed by atoms with E-state index in [1.165, 1.54) is 16.2 Å². The molecule has 0 atom stereocenters. The predicted molar refractivity (Wildman–Crippen MR) is 104 cm³/mol. The van der Waals surface area contributed by atoms with Gasteiger partial charge in [0.1, 0.15) is 5.01 Å². The van der Waals surface area contributed by atoms with Crippen LogP contribution in [0.15, 0.2) is 34.1 Å². The molecule has 3 rings (SSSR count). The molecule has 2 heterocycles. The van der Waals surface area contributed by atoms with Gasteiger partial charge < -0.3 is 14.5 Å². The molecule has 2 aromatic rings. The minimum atomic E-state index is -0.113. The zero-order valence-electron chi connectivity index (χ0n) is 14.5. The maximum Gasteiger partial charge on any atom is 0.242 e. The van der Waals surface area contributed by atoms with Crippen LogP contribution >= 0.6 is 27.3 Å². The number of carbonyl (C=O) groups is 2. The van der Waals surface area contributed by atoms with Crippen molar-refractivity contribution in [3.8, 4) is 10.6 Å². The van der Waals surface area contributed by atoms with Crippen LogP contribution in [-0.2, 0) is 20.7 Å². The van der Waals surface area contributed by atoms with Crippen molar-refractivity contribution in [2.24, 2.45) is 0 Å². The van der Waals surface area contributed by atoms with Crippen LogP contribution < -0.4 is 0 Å². The number of morpholine rings is 1. The quantitative estimate of drug-likeness (QED) is 0.720. The number of aromatic nitrogens is 1. The van der Waals surface area contributed by atoms with Crippen molar-refractivity contribution < 1.29 is 14.3 Å². The van der Waals surface area contributed by atoms with E-state index in [4.69, 9.17) is 4.74 Å². The number of ether oxygens (including phenoxy) is 1. The summed E-state index contributed by atoms with van der Waals surface area (Å²) < 4.78 is 6.23. The van der Waals surface area contributed by atoms with Crippen LogP contribution in [0, 0.1) is 0 Å². The van der Waals surface area contributed by atoms with Gasteiger partial charge in [-0.3, -0.25) is 9.59 Å². The molecule has 1 fully saturated rings. The first-order chi connectivity index (χ1) is 12.5. The van der Waals surface area contributed by atoms with Gasteiger partial charge >= 0.3 is 0 Å². The van der Waals surface area contributed by atoms with Gasteiger partial charge in [-0.05, 0) is 12.1 Å². The van der Waals surface area contributed by atoms with Crippen LogP contribution in [0.5, 0.6) is 0 Å². The summed E-state index contributed by atoms with van der Waals surface area (Å²) in [6, 6.07) is 7.90. The highest BCUT2D eigenvalue weighted by Crippen LogP contribution is 2.26. The normalized spacial score (nSPS) is 14.3. The highest BCUT2D eigenvalue weighted by Gasteiger charge is 2.21. The average molecular weight is 438 g/mol. The Labute approximate surface area is 164 Å². The number of halogens is 1. The maximum atomic E-state index is 12.4. The Kier molecular flexibility index (Phi) is 6.39. The van der Waals surface area contributed by atoms with E-state index in [-0.39, 0.29) is 24.8 Å². The van der Waals surface area contributed by atoms with E-state index < -0.39 is 0 Å². The molecule has 0 bridgehead atoms. The molecule has 0 unspecified atom stereocenters. The average Bonchev–Trinajstić information content (AvgIpc) is 3.11. The number of carbonyl (C=O) groups excluding carboxylic acids is 2. The standard InChI is InChI=1S/C18H20BrN3O3S/c1-21(11-17(24)22-5-7-25-8-6-22)16(23)10-15-12-26-18(20-15)13-3-2-4-14(19)9-13/h2-4,9,12H,5-8,10-11H2,1H3. The van der Waals surface area contributed by atoms with Gasteiger partial charge in [0.15, 0.2) is 0 Å². The Hall–Kier alpha value is -1.77. The molecule has 1 saturated heterocycles. The fourth-order valence-electron chi connectivity index (χ4n) is 2.64. The first-order valence-corrected chi connectivity index (χ1v) is 10.00. The number of nitrogens with zero attached hydrogens (tertiary/aromatic N) is 3. The number of amides is 2. The molecule has 2 amide bonds. The third-order valence-corrected chi connectivity index (χ3v) is 5.55. The number of hydrogen-bond donors (Lipinski definition) is 0. The van der Waals surface area contributed by atoms with Crippen LogP contribution in [0.1, 0.15) is 5.69 Å². The lowest BCUT2D eigenvalue weighted by atomic mass is 10.2. The number of hydrogen-bond acceptors (Lipinski definition) is 5. The molecule has 0 saturated carbocycles. The summed E-state index contributed by atoms with van der Waals surface area (Å²) in [5.41, 5.74) is 1.74. The summed E-state index contributed by atoms with van der Waals surface area (Å²) in [5, 5.41) is 2.77. The van der Waals surface area contributed by atoms with Gasteiger partial charge in [-0.25, -0.2) is 4.98 Å². The van der Waals surface area contributed by atoms with Gasteiger partial charge in [0.05, 0.1) is 31.9 Å². The smallest absolute Gasteiger partial charge is 0.242 e. The summed E-state index contributed by atoms with van der Waals surface area (Å²) in [7, 11) is 1.66. The molecule has 0 spiro atoms. The van der Waals surface area contributed by atoms with Crippen molar-refractivity contribution in [2.75, 3.05) is 39.9 Å². The molecular weight excluding hydrogens is 418 g/mol. The van der Waals surface area contributed by atoms with Crippen molar-refractivity contribution in [3.05, 3.63) is 39.8 Å². The number of rotatable bonds is 5. The maximum absolute atomic E-state index is 12.4. The first-order valence-electron chi connectivity index (χ1n) is 8.33. The van der Waals surface area contributed by atoms with Crippen molar-refractivity contribution in [1.82, 2.24) is 14.8 Å². The molecule has 0 radical (unpaired) electrons. The zero-order chi connectivity index (χ0) is 18.5. The number of benzene rings is 1. The van der Waals surface area contributed by atoms with Gasteiger partial charge in [-0.2, -0.15) is 0 Å². The second-order valence-corrected chi connectivity index (χ2v) is 7.85. The summed E-state index contributed by atoms with van der Waals surface area (Å²) in [4.78, 5) is 32.4. The van der Waals surface area contributed by atoms with Gasteiger partial charge in [0, 0.05) is 35.6 Å². The molecule has 26 heavy (non-hydrogen) atoms. The Balaban J connectivity index is 1.56. The van der Waals surface area contributed by atoms with Crippen molar-refractivity contribution in [1.29, 1.82) is 0 Å². The second-order valence-electron chi connectivity index (χ2n) is 6.07. The van der Waals surface area contributed by atoms with E-state index in [9.17, 15) is 9.59 Å². The largest absolute Gasteiger partial charge is 0.378 e. The first kappa shape index (κ1) is 19.0. The van der Waals surface area contributed by atoms with E-state index >= 15 is 0 Å². The fraction of sp³-hybridized carbons (Fsp3) is 0.389. The second kappa shape index (κ2) is 8.75. The lowest BCUT2D eigenvalue weighted by Gasteiger charge is -2.28. The third-order valence-electron chi connectivity index (χ3n) is 4.12. The number of thiazole rings is 1. The van der Waals surface area contributed by atoms with E-state index in [1.807, 2.05) is 29.6 Å². The molecule has 138 valence electrons. The van der Waals surface area contributed by atoms with Crippen LogP contribution in [0.25, 0.3) is 10.6 Å². The highest BCUT2D eigenvalue weighted by atomic mass is 79.9. The van der Waals surface area contributed by atoms with Gasteiger partial charge in [0.25, 0.3) is 0 Å². The van der Waals surface area contributed by atoms with Crippen molar-refractivity contribution in [3.63, 3.8) is 0 Å². The van der Waals surface area contributed by atoms with Crippen LogP contribution in [0.4, 0.5) is 0 Å². The predicted octanol–water partition coefficient (Wildman–Crippen LogP) is 2.43. The third kappa shape index (κ3) is 4.90. The lowest BCUT2D eigenvalue weighted by Crippen LogP contribution is -2.46. The topological polar surface area (TPSA) is 62.7 Å². The molecule has 6 nitrogen and oxygen atoms in total. The lowest BCUT2D eigenvalue weighted by molar-refractivity contribution is -0.141. The van der Waals surface area contributed by atoms with E-state index in [1.54, 1.807) is 11.9 Å². The Morgan fingerprint density at radius 1 is 1.35 bits per heavy atom. The van der Waals surface area contributed by atoms with Crippen LogP contribution in [0.3, 0.4) is 0 Å². The van der Waals surface area contributed by atoms with Crippen molar-refractivity contribution >= 4 is 39.1 Å². The van der Waals surface area contributed by atoms with Crippen molar-refractivity contribution in [2.45, 2.75) is 6.42 Å². The minimum Gasteiger partial charge on any atom is -0.378 e. The molecule has 1 aromatic carbocycles.